The lowest BCUT2D eigenvalue weighted by Crippen LogP contribution is -2.26. The van der Waals surface area contributed by atoms with E-state index in [2.05, 4.69) is 5.32 Å². The van der Waals surface area contributed by atoms with Crippen molar-refractivity contribution < 1.29 is 21.6 Å². The Hall–Kier alpha value is -1.24. The molecule has 0 unspecified atom stereocenters. The summed E-state index contributed by atoms with van der Waals surface area (Å²) < 4.78 is 59.1. The van der Waals surface area contributed by atoms with Crippen molar-refractivity contribution in [3.05, 3.63) is 24.3 Å². The second kappa shape index (κ2) is 4.46. The van der Waals surface area contributed by atoms with E-state index in [9.17, 15) is 21.6 Å². The average molecular weight is 281 g/mol. The number of anilines is 1. The molecule has 0 aliphatic rings. The zero-order valence-corrected chi connectivity index (χ0v) is 11.0. The normalized spacial score (nSPS) is 13.4. The van der Waals surface area contributed by atoms with Crippen molar-refractivity contribution in [2.45, 2.75) is 36.7 Å². The Morgan fingerprint density at radius 3 is 1.78 bits per heavy atom. The molecule has 1 N–H and O–H groups in total. The fourth-order valence-electron chi connectivity index (χ4n) is 1.28. The molecule has 1 aromatic carbocycles. The average Bonchev–Trinajstić information content (AvgIpc) is 2.14. The molecule has 0 amide bonds. The summed E-state index contributed by atoms with van der Waals surface area (Å²) in [7, 11) is -5.26. The first-order valence-electron chi connectivity index (χ1n) is 5.13. The fraction of sp³-hybridized carbons (Fsp3) is 0.455. The van der Waals surface area contributed by atoms with Gasteiger partial charge in [-0.2, -0.15) is 13.2 Å². The number of nitrogens with one attached hydrogen (secondary N) is 1. The van der Waals surface area contributed by atoms with E-state index in [-0.39, 0.29) is 5.54 Å². The van der Waals surface area contributed by atoms with Crippen molar-refractivity contribution in [1.29, 1.82) is 0 Å². The van der Waals surface area contributed by atoms with Gasteiger partial charge in [0.2, 0.25) is 0 Å². The highest BCUT2D eigenvalue weighted by Gasteiger charge is 2.46. The Morgan fingerprint density at radius 1 is 1.00 bits per heavy atom. The van der Waals surface area contributed by atoms with Crippen LogP contribution >= 0.6 is 0 Å². The van der Waals surface area contributed by atoms with Crippen molar-refractivity contribution in [2.24, 2.45) is 0 Å². The van der Waals surface area contributed by atoms with Gasteiger partial charge >= 0.3 is 5.51 Å². The first-order valence-corrected chi connectivity index (χ1v) is 6.61. The number of halogens is 3. The topological polar surface area (TPSA) is 46.2 Å². The Morgan fingerprint density at radius 2 is 1.44 bits per heavy atom. The van der Waals surface area contributed by atoms with E-state index in [4.69, 9.17) is 0 Å². The Kier molecular flexibility index (Phi) is 3.67. The minimum Gasteiger partial charge on any atom is -0.380 e. The lowest BCUT2D eigenvalue weighted by atomic mass is 10.1. The molecule has 0 aliphatic carbocycles. The van der Waals surface area contributed by atoms with Crippen LogP contribution in [0.3, 0.4) is 0 Å². The quantitative estimate of drug-likeness (QED) is 0.905. The Bertz CT molecular complexity index is 513. The molecular weight excluding hydrogens is 267 g/mol. The van der Waals surface area contributed by atoms with Gasteiger partial charge in [-0.15, -0.1) is 0 Å². The van der Waals surface area contributed by atoms with E-state index in [0.29, 0.717) is 5.69 Å². The van der Waals surface area contributed by atoms with Crippen LogP contribution in [0.5, 0.6) is 0 Å². The molecule has 0 bridgehead atoms. The lowest BCUT2D eigenvalue weighted by Gasteiger charge is -2.22. The number of hydrogen-bond donors (Lipinski definition) is 1. The van der Waals surface area contributed by atoms with Crippen molar-refractivity contribution in [1.82, 2.24) is 0 Å². The molecule has 0 aliphatic heterocycles. The second-order valence-corrected chi connectivity index (χ2v) is 6.79. The maximum Gasteiger partial charge on any atom is 0.501 e. The van der Waals surface area contributed by atoms with Gasteiger partial charge in [0.05, 0.1) is 4.90 Å². The zero-order valence-electron chi connectivity index (χ0n) is 10.2. The summed E-state index contributed by atoms with van der Waals surface area (Å²) in [6.07, 6.45) is 0. The van der Waals surface area contributed by atoms with Gasteiger partial charge in [0.15, 0.2) is 0 Å². The zero-order chi connectivity index (χ0) is 14.2. The van der Waals surface area contributed by atoms with Gasteiger partial charge in [0.1, 0.15) is 0 Å². The summed E-state index contributed by atoms with van der Waals surface area (Å²) in [6, 6.07) is 4.50. The Labute approximate surface area is 104 Å². The minimum atomic E-state index is -5.27. The molecule has 0 aromatic heterocycles. The summed E-state index contributed by atoms with van der Waals surface area (Å²) >= 11 is 0. The third kappa shape index (κ3) is 3.38. The van der Waals surface area contributed by atoms with Crippen LogP contribution in [0, 0.1) is 0 Å². The second-order valence-electron chi connectivity index (χ2n) is 4.85. The van der Waals surface area contributed by atoms with Crippen LogP contribution in [0.15, 0.2) is 29.2 Å². The first-order chi connectivity index (χ1) is 7.93. The van der Waals surface area contributed by atoms with Crippen LogP contribution < -0.4 is 5.32 Å². The first kappa shape index (κ1) is 14.8. The highest BCUT2D eigenvalue weighted by Crippen LogP contribution is 2.30. The number of alkyl halides is 3. The molecule has 18 heavy (non-hydrogen) atoms. The molecule has 3 nitrogen and oxygen atoms in total. The maximum absolute atomic E-state index is 12.3. The van der Waals surface area contributed by atoms with Gasteiger partial charge < -0.3 is 5.32 Å². The van der Waals surface area contributed by atoms with Gasteiger partial charge in [0, 0.05) is 11.2 Å². The number of hydrogen-bond acceptors (Lipinski definition) is 3. The van der Waals surface area contributed by atoms with Crippen LogP contribution in [0.1, 0.15) is 20.8 Å². The van der Waals surface area contributed by atoms with Crippen LogP contribution in [0.4, 0.5) is 18.9 Å². The summed E-state index contributed by atoms with van der Waals surface area (Å²) in [5.41, 5.74) is -4.97. The molecule has 0 saturated carbocycles. The molecule has 0 spiro atoms. The lowest BCUT2D eigenvalue weighted by molar-refractivity contribution is -0.0436. The third-order valence-electron chi connectivity index (χ3n) is 1.99. The van der Waals surface area contributed by atoms with Crippen molar-refractivity contribution in [2.75, 3.05) is 5.32 Å². The standard InChI is InChI=1S/C11H14F3NO2S/c1-10(2,3)15-8-4-6-9(7-5-8)18(16,17)11(12,13)14/h4-7,15H,1-3H3. The summed E-state index contributed by atoms with van der Waals surface area (Å²) in [5, 5.41) is 3.02. The highest BCUT2D eigenvalue weighted by atomic mass is 32.2. The Balaban J connectivity index is 3.05. The minimum absolute atomic E-state index is 0.260. The predicted molar refractivity (Wildman–Crippen MR) is 63.1 cm³/mol. The monoisotopic (exact) mass is 281 g/mol. The van der Waals surface area contributed by atoms with Gasteiger partial charge in [-0.25, -0.2) is 8.42 Å². The maximum atomic E-state index is 12.3. The van der Waals surface area contributed by atoms with E-state index in [1.54, 1.807) is 0 Å². The molecule has 0 heterocycles. The van der Waals surface area contributed by atoms with Crippen molar-refractivity contribution in [3.8, 4) is 0 Å². The SMILES string of the molecule is CC(C)(C)Nc1ccc(S(=O)(=O)C(F)(F)F)cc1. The van der Waals surface area contributed by atoms with Crippen molar-refractivity contribution in [3.63, 3.8) is 0 Å². The highest BCUT2D eigenvalue weighted by molar-refractivity contribution is 7.92. The van der Waals surface area contributed by atoms with Gasteiger partial charge in [-0.3, -0.25) is 0 Å². The molecule has 7 heteroatoms. The molecule has 102 valence electrons. The summed E-state index contributed by atoms with van der Waals surface area (Å²) in [5.74, 6) is 0. The van der Waals surface area contributed by atoms with E-state index in [1.165, 1.54) is 12.1 Å². The number of benzene rings is 1. The third-order valence-corrected chi connectivity index (χ3v) is 3.49. The molecule has 0 atom stereocenters. The molecular formula is C11H14F3NO2S. The van der Waals surface area contributed by atoms with Gasteiger partial charge in [-0.05, 0) is 45.0 Å². The van der Waals surface area contributed by atoms with Crippen molar-refractivity contribution >= 4 is 15.5 Å². The molecule has 0 saturated heterocycles. The number of sulfone groups is 1. The van der Waals surface area contributed by atoms with Crippen LogP contribution in [0.25, 0.3) is 0 Å². The molecule has 1 rings (SSSR count). The van der Waals surface area contributed by atoms with Crippen LogP contribution in [-0.4, -0.2) is 19.5 Å². The molecule has 1 aromatic rings. The summed E-state index contributed by atoms with van der Waals surface area (Å²) in [6.45, 7) is 5.65. The van der Waals surface area contributed by atoms with Crippen LogP contribution in [0.2, 0.25) is 0 Å². The van der Waals surface area contributed by atoms with E-state index in [0.717, 1.165) is 12.1 Å². The van der Waals surface area contributed by atoms with Gasteiger partial charge in [-0.1, -0.05) is 0 Å². The smallest absolute Gasteiger partial charge is 0.380 e. The van der Waals surface area contributed by atoms with Crippen LogP contribution in [-0.2, 0) is 9.84 Å². The van der Waals surface area contributed by atoms with Gasteiger partial charge in [0.25, 0.3) is 9.84 Å². The fourth-order valence-corrected chi connectivity index (χ4v) is 2.05. The van der Waals surface area contributed by atoms with E-state index in [1.807, 2.05) is 20.8 Å². The van der Waals surface area contributed by atoms with E-state index >= 15 is 0 Å². The predicted octanol–water partition coefficient (Wildman–Crippen LogP) is 3.19. The number of rotatable bonds is 2. The molecule has 0 fully saturated rings. The largest absolute Gasteiger partial charge is 0.501 e. The van der Waals surface area contributed by atoms with E-state index < -0.39 is 20.2 Å². The summed E-state index contributed by atoms with van der Waals surface area (Å²) in [4.78, 5) is -0.755. The molecule has 0 radical (unpaired) electrons.